The fourth-order valence-electron chi connectivity index (χ4n) is 2.40. The van der Waals surface area contributed by atoms with Gasteiger partial charge in [-0.2, -0.15) is 0 Å². The minimum atomic E-state index is -0.908. The molecule has 1 aliphatic heterocycles. The van der Waals surface area contributed by atoms with Gasteiger partial charge in [0.05, 0.1) is 17.6 Å². The molecule has 1 aliphatic rings. The van der Waals surface area contributed by atoms with Crippen LogP contribution in [0.4, 0.5) is 21.3 Å². The van der Waals surface area contributed by atoms with E-state index in [1.165, 1.54) is 22.4 Å². The van der Waals surface area contributed by atoms with Gasteiger partial charge in [0.2, 0.25) is 0 Å². The Labute approximate surface area is 142 Å². The van der Waals surface area contributed by atoms with E-state index in [0.717, 1.165) is 0 Å². The molecule has 2 amide bonds. The molecular weight excluding hydrogens is 330 g/mol. The molecule has 1 aromatic heterocycles. The van der Waals surface area contributed by atoms with Crippen LogP contribution in [-0.2, 0) is 0 Å². The Morgan fingerprint density at radius 1 is 1.21 bits per heavy atom. The number of nitrogens with zero attached hydrogens (tertiary/aromatic N) is 3. The predicted octanol–water partition coefficient (Wildman–Crippen LogP) is 1.78. The molecule has 1 fully saturated rings. The number of anilines is 3. The maximum atomic E-state index is 12.3. The average molecular weight is 347 g/mol. The van der Waals surface area contributed by atoms with Gasteiger partial charge in [-0.15, -0.1) is 0 Å². The van der Waals surface area contributed by atoms with Crippen molar-refractivity contribution in [2.75, 3.05) is 42.1 Å². The summed E-state index contributed by atoms with van der Waals surface area (Å²) in [5.74, 6) is -0.263. The number of nitrogens with two attached hydrogens (primary N) is 1. The van der Waals surface area contributed by atoms with E-state index in [9.17, 15) is 9.59 Å². The maximum absolute atomic E-state index is 12.3. The smallest absolute Gasteiger partial charge is 0.407 e. The van der Waals surface area contributed by atoms with Crippen LogP contribution in [0.3, 0.4) is 0 Å². The molecular formula is C15H17N5O3S. The van der Waals surface area contributed by atoms with Crippen molar-refractivity contribution in [2.24, 2.45) is 0 Å². The molecule has 9 heteroatoms. The normalized spacial score (nSPS) is 14.5. The molecule has 0 saturated carbocycles. The van der Waals surface area contributed by atoms with E-state index in [0.29, 0.717) is 47.6 Å². The van der Waals surface area contributed by atoms with Crippen molar-refractivity contribution in [1.29, 1.82) is 0 Å². The number of rotatable bonds is 3. The zero-order valence-corrected chi connectivity index (χ0v) is 13.6. The number of nitrogens with one attached hydrogen (secondary N) is 1. The Hall–Kier alpha value is -2.81. The molecule has 0 aliphatic carbocycles. The van der Waals surface area contributed by atoms with Crippen molar-refractivity contribution in [2.45, 2.75) is 0 Å². The van der Waals surface area contributed by atoms with Gasteiger partial charge in [0.15, 0.2) is 5.13 Å². The fourth-order valence-corrected chi connectivity index (χ4v) is 3.26. The Balaban J connectivity index is 1.64. The summed E-state index contributed by atoms with van der Waals surface area (Å²) >= 11 is 1.28. The molecule has 1 aromatic carbocycles. The number of piperazine rings is 1. The monoisotopic (exact) mass is 347 g/mol. The van der Waals surface area contributed by atoms with Gasteiger partial charge in [0.25, 0.3) is 5.91 Å². The molecule has 0 spiro atoms. The van der Waals surface area contributed by atoms with Crippen LogP contribution < -0.4 is 16.0 Å². The first-order chi connectivity index (χ1) is 11.5. The first-order valence-corrected chi connectivity index (χ1v) is 8.21. The number of para-hydroxylation sites is 2. The Morgan fingerprint density at radius 3 is 2.58 bits per heavy atom. The van der Waals surface area contributed by atoms with Crippen molar-refractivity contribution in [3.8, 4) is 0 Å². The second-order valence-electron chi connectivity index (χ2n) is 5.31. The third kappa shape index (κ3) is 3.40. The molecule has 0 bridgehead atoms. The summed E-state index contributed by atoms with van der Waals surface area (Å²) in [6.07, 6.45) is 0.618. The van der Waals surface area contributed by atoms with E-state index in [-0.39, 0.29) is 5.91 Å². The molecule has 0 radical (unpaired) electrons. The lowest BCUT2D eigenvalue weighted by molar-refractivity contribution is 0.103. The minimum Gasteiger partial charge on any atom is -0.465 e. The summed E-state index contributed by atoms with van der Waals surface area (Å²) in [6, 6.07) is 7.05. The molecule has 24 heavy (non-hydrogen) atoms. The highest BCUT2D eigenvalue weighted by molar-refractivity contribution is 7.17. The van der Waals surface area contributed by atoms with Crippen LogP contribution in [0, 0.1) is 0 Å². The zero-order chi connectivity index (χ0) is 17.1. The summed E-state index contributed by atoms with van der Waals surface area (Å²) in [6.45, 7) is 1.98. The predicted molar refractivity (Wildman–Crippen MR) is 92.7 cm³/mol. The third-order valence-electron chi connectivity index (χ3n) is 3.75. The van der Waals surface area contributed by atoms with Gasteiger partial charge in [-0.3, -0.25) is 4.79 Å². The fraction of sp³-hybridized carbons (Fsp3) is 0.267. The summed E-state index contributed by atoms with van der Waals surface area (Å²) in [4.78, 5) is 31.3. The number of carbonyl (C=O) groups excluding carboxylic acids is 1. The van der Waals surface area contributed by atoms with Crippen LogP contribution in [0.25, 0.3) is 0 Å². The van der Waals surface area contributed by atoms with Gasteiger partial charge in [-0.1, -0.05) is 23.5 Å². The van der Waals surface area contributed by atoms with E-state index >= 15 is 0 Å². The number of nitrogen functional groups attached to an aromatic ring is 1. The largest absolute Gasteiger partial charge is 0.465 e. The molecule has 0 unspecified atom stereocenters. The van der Waals surface area contributed by atoms with Crippen LogP contribution in [0.5, 0.6) is 0 Å². The number of carboxylic acid groups (broad SMARTS) is 1. The van der Waals surface area contributed by atoms with Crippen molar-refractivity contribution >= 4 is 39.8 Å². The van der Waals surface area contributed by atoms with Gasteiger partial charge in [0, 0.05) is 26.2 Å². The van der Waals surface area contributed by atoms with Gasteiger partial charge >= 0.3 is 6.09 Å². The van der Waals surface area contributed by atoms with Crippen molar-refractivity contribution in [3.63, 3.8) is 0 Å². The van der Waals surface area contributed by atoms with E-state index in [4.69, 9.17) is 10.8 Å². The molecule has 2 heterocycles. The topological polar surface area (TPSA) is 112 Å². The Kier molecular flexibility index (Phi) is 4.52. The van der Waals surface area contributed by atoms with Crippen molar-refractivity contribution in [1.82, 2.24) is 9.88 Å². The molecule has 1 saturated heterocycles. The second-order valence-corrected chi connectivity index (χ2v) is 6.31. The zero-order valence-electron chi connectivity index (χ0n) is 12.8. The average Bonchev–Trinajstić information content (AvgIpc) is 3.07. The summed E-state index contributed by atoms with van der Waals surface area (Å²) in [5.41, 5.74) is 6.88. The standard InChI is InChI=1S/C15H17N5O3S/c16-10-3-1-2-4-11(10)18-13(21)12-9-17-14(24-12)19-5-7-20(8-6-19)15(22)23/h1-4,9H,5-8,16H2,(H,18,21)(H,22,23). The highest BCUT2D eigenvalue weighted by Gasteiger charge is 2.23. The summed E-state index contributed by atoms with van der Waals surface area (Å²) in [7, 11) is 0. The molecule has 4 N–H and O–H groups in total. The lowest BCUT2D eigenvalue weighted by Crippen LogP contribution is -2.48. The number of thiazole rings is 1. The molecule has 2 aromatic rings. The number of benzene rings is 1. The third-order valence-corrected chi connectivity index (χ3v) is 4.80. The SMILES string of the molecule is Nc1ccccc1NC(=O)c1cnc(N2CCN(C(=O)O)CC2)s1. The van der Waals surface area contributed by atoms with Gasteiger partial charge in [-0.05, 0) is 12.1 Å². The summed E-state index contributed by atoms with van der Waals surface area (Å²) in [5, 5.41) is 12.4. The highest BCUT2D eigenvalue weighted by atomic mass is 32.1. The van der Waals surface area contributed by atoms with E-state index < -0.39 is 6.09 Å². The van der Waals surface area contributed by atoms with Crippen molar-refractivity contribution in [3.05, 3.63) is 35.3 Å². The summed E-state index contributed by atoms with van der Waals surface area (Å²) < 4.78 is 0. The maximum Gasteiger partial charge on any atom is 0.407 e. The second kappa shape index (κ2) is 6.75. The quantitative estimate of drug-likeness (QED) is 0.730. The first kappa shape index (κ1) is 16.1. The molecule has 8 nitrogen and oxygen atoms in total. The van der Waals surface area contributed by atoms with E-state index in [2.05, 4.69) is 10.3 Å². The number of carbonyl (C=O) groups is 2. The van der Waals surface area contributed by atoms with Crippen LogP contribution in [0.15, 0.2) is 30.5 Å². The van der Waals surface area contributed by atoms with Crippen molar-refractivity contribution < 1.29 is 14.7 Å². The number of hydrogen-bond acceptors (Lipinski definition) is 6. The van der Waals surface area contributed by atoms with E-state index in [1.807, 2.05) is 4.90 Å². The van der Waals surface area contributed by atoms with Crippen LogP contribution >= 0.6 is 11.3 Å². The number of hydrogen-bond donors (Lipinski definition) is 3. The van der Waals surface area contributed by atoms with Crippen LogP contribution in [0.2, 0.25) is 0 Å². The van der Waals surface area contributed by atoms with Gasteiger partial charge < -0.3 is 26.0 Å². The molecule has 0 atom stereocenters. The Morgan fingerprint density at radius 2 is 1.92 bits per heavy atom. The lowest BCUT2D eigenvalue weighted by atomic mass is 10.2. The molecule has 3 rings (SSSR count). The molecule has 126 valence electrons. The van der Waals surface area contributed by atoms with E-state index in [1.54, 1.807) is 24.3 Å². The Bertz CT molecular complexity index is 755. The first-order valence-electron chi connectivity index (χ1n) is 7.39. The minimum absolute atomic E-state index is 0.263. The number of aromatic nitrogens is 1. The lowest BCUT2D eigenvalue weighted by Gasteiger charge is -2.32. The highest BCUT2D eigenvalue weighted by Crippen LogP contribution is 2.25. The van der Waals surface area contributed by atoms with Gasteiger partial charge in [-0.25, -0.2) is 9.78 Å². The van der Waals surface area contributed by atoms with Crippen LogP contribution in [0.1, 0.15) is 9.67 Å². The number of amides is 2. The van der Waals surface area contributed by atoms with Gasteiger partial charge in [0.1, 0.15) is 4.88 Å². The van der Waals surface area contributed by atoms with Crippen LogP contribution in [-0.4, -0.2) is 53.2 Å².